The third-order valence-corrected chi connectivity index (χ3v) is 3.60. The summed E-state index contributed by atoms with van der Waals surface area (Å²) in [4.78, 5) is 0. The molecule has 7 N–H and O–H groups in total. The van der Waals surface area contributed by atoms with Crippen LogP contribution in [0.2, 0.25) is 0 Å². The predicted molar refractivity (Wildman–Crippen MR) is 82.8 cm³/mol. The minimum Gasteiger partial charge on any atom is -0.392 e. The maximum atomic E-state index is 9.96. The van der Waals surface area contributed by atoms with Crippen LogP contribution in [0, 0.1) is 0 Å². The predicted octanol–water partition coefficient (Wildman–Crippen LogP) is 1.88. The van der Waals surface area contributed by atoms with Crippen molar-refractivity contribution in [2.24, 2.45) is 17.2 Å². The summed E-state index contributed by atoms with van der Waals surface area (Å²) in [6.45, 7) is 4.06. The molecular formula is C15H35N3O. The molecule has 0 aromatic rings. The SMILES string of the molecule is CC(N)CCCCCC(O)C(N)CCCCC(C)N. The summed E-state index contributed by atoms with van der Waals surface area (Å²) < 4.78 is 0. The number of aliphatic hydroxyl groups is 1. The van der Waals surface area contributed by atoms with E-state index in [2.05, 4.69) is 0 Å². The zero-order chi connectivity index (χ0) is 14.7. The fourth-order valence-electron chi connectivity index (χ4n) is 2.25. The molecule has 0 aliphatic carbocycles. The topological polar surface area (TPSA) is 98.3 Å². The standard InChI is InChI=1S/C15H35N3O/c1-12(16)8-4-3-5-11-15(19)14(18)10-7-6-9-13(2)17/h12-15,19H,3-11,16-18H2,1-2H3. The van der Waals surface area contributed by atoms with E-state index in [9.17, 15) is 5.11 Å². The minimum atomic E-state index is -0.356. The molecule has 19 heavy (non-hydrogen) atoms. The molecule has 0 aliphatic rings. The van der Waals surface area contributed by atoms with E-state index in [4.69, 9.17) is 17.2 Å². The highest BCUT2D eigenvalue weighted by atomic mass is 16.3. The Bertz CT molecular complexity index is 198. The second kappa shape index (κ2) is 11.6. The first-order chi connectivity index (χ1) is 8.93. The third kappa shape index (κ3) is 12.6. The van der Waals surface area contributed by atoms with Crippen molar-refractivity contribution in [2.45, 2.75) is 95.9 Å². The molecule has 0 radical (unpaired) electrons. The molecule has 0 saturated carbocycles. The molecule has 0 saturated heterocycles. The van der Waals surface area contributed by atoms with Gasteiger partial charge in [0, 0.05) is 18.1 Å². The lowest BCUT2D eigenvalue weighted by Gasteiger charge is -2.19. The zero-order valence-electron chi connectivity index (χ0n) is 12.9. The van der Waals surface area contributed by atoms with Gasteiger partial charge in [0.1, 0.15) is 0 Å². The van der Waals surface area contributed by atoms with Crippen LogP contribution in [0.5, 0.6) is 0 Å². The van der Waals surface area contributed by atoms with Crippen LogP contribution in [0.4, 0.5) is 0 Å². The van der Waals surface area contributed by atoms with Crippen molar-refractivity contribution >= 4 is 0 Å². The quantitative estimate of drug-likeness (QED) is 0.408. The van der Waals surface area contributed by atoms with Gasteiger partial charge in [-0.2, -0.15) is 0 Å². The highest BCUT2D eigenvalue weighted by Crippen LogP contribution is 2.12. The molecule has 4 unspecified atom stereocenters. The molecule has 0 aromatic carbocycles. The van der Waals surface area contributed by atoms with Gasteiger partial charge in [0.25, 0.3) is 0 Å². The molecule has 116 valence electrons. The summed E-state index contributed by atoms with van der Waals surface area (Å²) in [6, 6.07) is 0.477. The van der Waals surface area contributed by atoms with Gasteiger partial charge in [0.2, 0.25) is 0 Å². The van der Waals surface area contributed by atoms with Gasteiger partial charge in [0.15, 0.2) is 0 Å². The third-order valence-electron chi connectivity index (χ3n) is 3.60. The van der Waals surface area contributed by atoms with Gasteiger partial charge in [-0.05, 0) is 39.5 Å². The molecular weight excluding hydrogens is 238 g/mol. The Labute approximate surface area is 119 Å². The molecule has 0 heterocycles. The fraction of sp³-hybridized carbons (Fsp3) is 1.00. The first-order valence-electron chi connectivity index (χ1n) is 7.88. The van der Waals surface area contributed by atoms with Gasteiger partial charge in [-0.15, -0.1) is 0 Å². The van der Waals surface area contributed by atoms with E-state index < -0.39 is 0 Å². The van der Waals surface area contributed by atoms with Gasteiger partial charge in [-0.25, -0.2) is 0 Å². The van der Waals surface area contributed by atoms with Crippen LogP contribution < -0.4 is 17.2 Å². The lowest BCUT2D eigenvalue weighted by Crippen LogP contribution is -2.34. The number of hydrogen-bond donors (Lipinski definition) is 4. The number of aliphatic hydroxyl groups excluding tert-OH is 1. The Morgan fingerprint density at radius 3 is 1.63 bits per heavy atom. The fourth-order valence-corrected chi connectivity index (χ4v) is 2.25. The Morgan fingerprint density at radius 1 is 0.684 bits per heavy atom. The summed E-state index contributed by atoms with van der Waals surface area (Å²) in [5.74, 6) is 0. The molecule has 0 bridgehead atoms. The van der Waals surface area contributed by atoms with Crippen molar-refractivity contribution in [2.75, 3.05) is 0 Å². The van der Waals surface area contributed by atoms with Crippen LogP contribution in [0.1, 0.15) is 71.6 Å². The van der Waals surface area contributed by atoms with Gasteiger partial charge in [0.05, 0.1) is 6.10 Å². The average molecular weight is 273 g/mol. The van der Waals surface area contributed by atoms with E-state index in [-0.39, 0.29) is 24.2 Å². The molecule has 0 rings (SSSR count). The largest absolute Gasteiger partial charge is 0.392 e. The van der Waals surface area contributed by atoms with Crippen LogP contribution >= 0.6 is 0 Å². The van der Waals surface area contributed by atoms with Gasteiger partial charge < -0.3 is 22.3 Å². The summed E-state index contributed by atoms with van der Waals surface area (Å²) in [5, 5.41) is 9.96. The van der Waals surface area contributed by atoms with Crippen molar-refractivity contribution in [1.82, 2.24) is 0 Å². The van der Waals surface area contributed by atoms with E-state index in [1.807, 2.05) is 13.8 Å². The molecule has 0 aliphatic heterocycles. The maximum Gasteiger partial charge on any atom is 0.0691 e. The molecule has 4 nitrogen and oxygen atoms in total. The van der Waals surface area contributed by atoms with E-state index in [0.717, 1.165) is 57.8 Å². The van der Waals surface area contributed by atoms with E-state index >= 15 is 0 Å². The highest BCUT2D eigenvalue weighted by molar-refractivity contribution is 4.72. The van der Waals surface area contributed by atoms with Crippen molar-refractivity contribution in [3.8, 4) is 0 Å². The van der Waals surface area contributed by atoms with Crippen LogP contribution in [-0.4, -0.2) is 29.3 Å². The molecule has 0 amide bonds. The molecule has 4 heteroatoms. The van der Waals surface area contributed by atoms with Crippen LogP contribution in [0.15, 0.2) is 0 Å². The maximum absolute atomic E-state index is 9.96. The summed E-state index contributed by atoms with van der Waals surface area (Å²) in [5.41, 5.74) is 17.4. The van der Waals surface area contributed by atoms with Crippen LogP contribution in [0.3, 0.4) is 0 Å². The van der Waals surface area contributed by atoms with E-state index in [0.29, 0.717) is 0 Å². The van der Waals surface area contributed by atoms with Gasteiger partial charge >= 0.3 is 0 Å². The number of nitrogens with two attached hydrogens (primary N) is 3. The summed E-state index contributed by atoms with van der Waals surface area (Å²) in [6.07, 6.45) is 8.95. The Morgan fingerprint density at radius 2 is 1.11 bits per heavy atom. The zero-order valence-corrected chi connectivity index (χ0v) is 12.9. The second-order valence-corrected chi connectivity index (χ2v) is 6.11. The normalized spacial score (nSPS) is 18.0. The Balaban J connectivity index is 3.45. The molecule has 0 spiro atoms. The Kier molecular flexibility index (Phi) is 11.6. The average Bonchev–Trinajstić information content (AvgIpc) is 2.33. The van der Waals surface area contributed by atoms with Crippen LogP contribution in [-0.2, 0) is 0 Å². The molecule has 0 aromatic heterocycles. The van der Waals surface area contributed by atoms with Crippen molar-refractivity contribution in [3.63, 3.8) is 0 Å². The lowest BCUT2D eigenvalue weighted by molar-refractivity contribution is 0.126. The van der Waals surface area contributed by atoms with Crippen molar-refractivity contribution in [1.29, 1.82) is 0 Å². The first-order valence-corrected chi connectivity index (χ1v) is 7.88. The van der Waals surface area contributed by atoms with Gasteiger partial charge in [-0.3, -0.25) is 0 Å². The lowest BCUT2D eigenvalue weighted by atomic mass is 9.98. The summed E-state index contributed by atoms with van der Waals surface area (Å²) >= 11 is 0. The van der Waals surface area contributed by atoms with Crippen molar-refractivity contribution in [3.05, 3.63) is 0 Å². The number of hydrogen-bond acceptors (Lipinski definition) is 4. The smallest absolute Gasteiger partial charge is 0.0691 e. The summed E-state index contributed by atoms with van der Waals surface area (Å²) in [7, 11) is 0. The highest BCUT2D eigenvalue weighted by Gasteiger charge is 2.13. The number of rotatable bonds is 12. The van der Waals surface area contributed by atoms with Crippen molar-refractivity contribution < 1.29 is 5.11 Å². The Hall–Kier alpha value is -0.160. The minimum absolute atomic E-state index is 0.0819. The first kappa shape index (κ1) is 18.8. The molecule has 0 fully saturated rings. The molecule has 4 atom stereocenters. The van der Waals surface area contributed by atoms with E-state index in [1.165, 1.54) is 0 Å². The monoisotopic (exact) mass is 273 g/mol. The number of unbranched alkanes of at least 4 members (excludes halogenated alkanes) is 3. The van der Waals surface area contributed by atoms with Crippen LogP contribution in [0.25, 0.3) is 0 Å². The second-order valence-electron chi connectivity index (χ2n) is 6.11. The van der Waals surface area contributed by atoms with Gasteiger partial charge in [-0.1, -0.05) is 32.1 Å². The van der Waals surface area contributed by atoms with E-state index in [1.54, 1.807) is 0 Å².